The minimum Gasteiger partial charge on any atom is -0.391 e. The van der Waals surface area contributed by atoms with E-state index in [4.69, 9.17) is 0 Å². The number of rotatable bonds is 3. The largest absolute Gasteiger partial charge is 0.391 e. The summed E-state index contributed by atoms with van der Waals surface area (Å²) < 4.78 is 23.4. The molecule has 1 aromatic carbocycles. The second-order valence-electron chi connectivity index (χ2n) is 5.67. The highest BCUT2D eigenvalue weighted by atomic mass is 32.2. The van der Waals surface area contributed by atoms with Crippen LogP contribution in [0.2, 0.25) is 0 Å². The fraction of sp³-hybridized carbons (Fsp3) is 0.250. The number of aliphatic hydroxyl groups excluding tert-OH is 1. The minimum absolute atomic E-state index is 0.0139. The Kier molecular flexibility index (Phi) is 4.07. The first-order valence-electron chi connectivity index (χ1n) is 7.37. The Bertz CT molecular complexity index is 986. The minimum atomic E-state index is -3.17. The van der Waals surface area contributed by atoms with Gasteiger partial charge in [-0.3, -0.25) is 0 Å². The van der Waals surface area contributed by atoms with Gasteiger partial charge in [-0.25, -0.2) is 18.4 Å². The van der Waals surface area contributed by atoms with Crippen LogP contribution in [0, 0.1) is 0 Å². The second kappa shape index (κ2) is 6.11. The molecule has 3 aromatic rings. The molecule has 1 fully saturated rings. The predicted octanol–water partition coefficient (Wildman–Crippen LogP) is 2.61. The molecular weight excluding hydrogens is 364 g/mol. The molecule has 0 aliphatic carbocycles. The number of thioether (sulfide) groups is 1. The summed E-state index contributed by atoms with van der Waals surface area (Å²) in [6.07, 6.45) is 0.642. The van der Waals surface area contributed by atoms with Gasteiger partial charge in [-0.15, -0.1) is 11.3 Å². The van der Waals surface area contributed by atoms with Crippen LogP contribution in [0.5, 0.6) is 0 Å². The second-order valence-corrected chi connectivity index (χ2v) is 10.1. The molecule has 124 valence electrons. The van der Waals surface area contributed by atoms with Crippen molar-refractivity contribution < 1.29 is 13.5 Å². The van der Waals surface area contributed by atoms with E-state index < -0.39 is 15.9 Å². The molecule has 3 heterocycles. The fourth-order valence-electron chi connectivity index (χ4n) is 2.73. The topological polar surface area (TPSA) is 80.2 Å². The lowest BCUT2D eigenvalue weighted by Gasteiger charge is -2.11. The standard InChI is InChI=1S/C16H14N2O3S3/c19-12-7-24(20,21)8-14(12)23-16-11-6-13(10-4-2-1-3-5-10)22-15(11)17-9-18-16/h1-6,9,12,14,19H,7-8H2/t12-,14-/m1/s1. The third-order valence-corrected chi connectivity index (χ3v) is 8.24. The molecule has 1 aliphatic heterocycles. The van der Waals surface area contributed by atoms with Gasteiger partial charge in [0.1, 0.15) is 16.2 Å². The van der Waals surface area contributed by atoms with E-state index in [-0.39, 0.29) is 16.8 Å². The van der Waals surface area contributed by atoms with Crippen LogP contribution in [-0.4, -0.2) is 46.4 Å². The molecule has 0 bridgehead atoms. The van der Waals surface area contributed by atoms with Gasteiger partial charge >= 0.3 is 0 Å². The number of benzene rings is 1. The van der Waals surface area contributed by atoms with Crippen molar-refractivity contribution in [1.82, 2.24) is 9.97 Å². The summed E-state index contributed by atoms with van der Waals surface area (Å²) in [5.74, 6) is -0.183. The normalized spacial score (nSPS) is 22.9. The van der Waals surface area contributed by atoms with E-state index in [0.29, 0.717) is 0 Å². The van der Waals surface area contributed by atoms with Crippen LogP contribution < -0.4 is 0 Å². The van der Waals surface area contributed by atoms with Crippen molar-refractivity contribution in [2.75, 3.05) is 11.5 Å². The molecule has 1 aliphatic rings. The molecule has 8 heteroatoms. The zero-order valence-corrected chi connectivity index (χ0v) is 14.9. The maximum absolute atomic E-state index is 11.7. The van der Waals surface area contributed by atoms with Crippen molar-refractivity contribution in [2.45, 2.75) is 16.4 Å². The molecule has 24 heavy (non-hydrogen) atoms. The maximum atomic E-state index is 11.7. The zero-order chi connectivity index (χ0) is 16.7. The van der Waals surface area contributed by atoms with Gasteiger partial charge in [-0.1, -0.05) is 42.1 Å². The van der Waals surface area contributed by atoms with Gasteiger partial charge in [0.25, 0.3) is 0 Å². The lowest BCUT2D eigenvalue weighted by atomic mass is 10.2. The van der Waals surface area contributed by atoms with Gasteiger partial charge in [0.2, 0.25) is 0 Å². The van der Waals surface area contributed by atoms with E-state index >= 15 is 0 Å². The van der Waals surface area contributed by atoms with Crippen LogP contribution in [0.4, 0.5) is 0 Å². The summed E-state index contributed by atoms with van der Waals surface area (Å²) in [7, 11) is -3.17. The number of aliphatic hydroxyl groups is 1. The van der Waals surface area contributed by atoms with E-state index in [1.165, 1.54) is 18.1 Å². The molecule has 5 nitrogen and oxygen atoms in total. The predicted molar refractivity (Wildman–Crippen MR) is 97.2 cm³/mol. The summed E-state index contributed by atoms with van der Waals surface area (Å²) >= 11 is 2.90. The monoisotopic (exact) mass is 378 g/mol. The van der Waals surface area contributed by atoms with Crippen molar-refractivity contribution in [3.63, 3.8) is 0 Å². The summed E-state index contributed by atoms with van der Waals surface area (Å²) in [4.78, 5) is 10.6. The average Bonchev–Trinajstić information content (AvgIpc) is 3.09. The molecule has 0 radical (unpaired) electrons. The smallest absolute Gasteiger partial charge is 0.154 e. The molecule has 2 aromatic heterocycles. The van der Waals surface area contributed by atoms with Crippen LogP contribution in [0.15, 0.2) is 47.8 Å². The Balaban J connectivity index is 1.70. The first kappa shape index (κ1) is 16.0. The Morgan fingerprint density at radius 3 is 2.67 bits per heavy atom. The zero-order valence-electron chi connectivity index (χ0n) is 12.5. The molecule has 4 rings (SSSR count). The van der Waals surface area contributed by atoms with E-state index in [0.717, 1.165) is 25.7 Å². The van der Waals surface area contributed by atoms with Crippen molar-refractivity contribution >= 4 is 43.2 Å². The highest BCUT2D eigenvalue weighted by Crippen LogP contribution is 2.39. The summed E-state index contributed by atoms with van der Waals surface area (Å²) in [6.45, 7) is 0. The van der Waals surface area contributed by atoms with Crippen molar-refractivity contribution in [3.8, 4) is 10.4 Å². The van der Waals surface area contributed by atoms with Crippen molar-refractivity contribution in [3.05, 3.63) is 42.7 Å². The van der Waals surface area contributed by atoms with Crippen LogP contribution in [0.25, 0.3) is 20.7 Å². The van der Waals surface area contributed by atoms with Crippen molar-refractivity contribution in [1.29, 1.82) is 0 Å². The van der Waals surface area contributed by atoms with E-state index in [1.807, 2.05) is 36.4 Å². The van der Waals surface area contributed by atoms with Gasteiger partial charge < -0.3 is 5.11 Å². The van der Waals surface area contributed by atoms with Gasteiger partial charge in [0.05, 0.1) is 22.9 Å². The van der Waals surface area contributed by atoms with Gasteiger partial charge in [-0.2, -0.15) is 0 Å². The first-order chi connectivity index (χ1) is 11.5. The van der Waals surface area contributed by atoms with E-state index in [9.17, 15) is 13.5 Å². The molecule has 1 N–H and O–H groups in total. The van der Waals surface area contributed by atoms with E-state index in [2.05, 4.69) is 9.97 Å². The maximum Gasteiger partial charge on any atom is 0.154 e. The molecule has 2 atom stereocenters. The molecular formula is C16H14N2O3S3. The molecule has 0 spiro atoms. The van der Waals surface area contributed by atoms with Gasteiger partial charge in [-0.05, 0) is 11.6 Å². The fourth-order valence-corrected chi connectivity index (χ4v) is 7.35. The SMILES string of the molecule is O=S1(=O)C[C@@H](O)[C@H](Sc2ncnc3sc(-c4ccccc4)cc23)C1. The number of fused-ring (bicyclic) bond motifs is 1. The third-order valence-electron chi connectivity index (χ3n) is 3.89. The Labute approximate surface area is 147 Å². The van der Waals surface area contributed by atoms with Crippen LogP contribution in [0.3, 0.4) is 0 Å². The number of thiophene rings is 1. The van der Waals surface area contributed by atoms with Crippen molar-refractivity contribution in [2.24, 2.45) is 0 Å². The quantitative estimate of drug-likeness (QED) is 0.706. The first-order valence-corrected chi connectivity index (χ1v) is 10.9. The van der Waals surface area contributed by atoms with Crippen LogP contribution in [-0.2, 0) is 9.84 Å². The Hall–Kier alpha value is -1.48. The average molecular weight is 379 g/mol. The van der Waals surface area contributed by atoms with Gasteiger partial charge in [0, 0.05) is 10.3 Å². The number of nitrogens with zero attached hydrogens (tertiary/aromatic N) is 2. The number of sulfone groups is 1. The molecule has 0 unspecified atom stereocenters. The number of aromatic nitrogens is 2. The molecule has 1 saturated heterocycles. The Morgan fingerprint density at radius 2 is 1.96 bits per heavy atom. The number of hydrogen-bond acceptors (Lipinski definition) is 7. The Morgan fingerprint density at radius 1 is 1.17 bits per heavy atom. The van der Waals surface area contributed by atoms with Crippen LogP contribution in [0.1, 0.15) is 0 Å². The summed E-state index contributed by atoms with van der Waals surface area (Å²) in [5.41, 5.74) is 1.11. The highest BCUT2D eigenvalue weighted by Gasteiger charge is 2.37. The molecule has 0 amide bonds. The summed E-state index contributed by atoms with van der Waals surface area (Å²) in [5, 5.41) is 11.2. The third kappa shape index (κ3) is 3.06. The highest BCUT2D eigenvalue weighted by molar-refractivity contribution is 8.02. The summed E-state index contributed by atoms with van der Waals surface area (Å²) in [6, 6.07) is 12.1. The van der Waals surface area contributed by atoms with Gasteiger partial charge in [0.15, 0.2) is 9.84 Å². The lowest BCUT2D eigenvalue weighted by molar-refractivity contribution is 0.207. The lowest BCUT2D eigenvalue weighted by Crippen LogP contribution is -2.20. The number of hydrogen-bond donors (Lipinski definition) is 1. The van der Waals surface area contributed by atoms with Crippen LogP contribution >= 0.6 is 23.1 Å². The van der Waals surface area contributed by atoms with E-state index in [1.54, 1.807) is 11.3 Å². The molecule has 0 saturated carbocycles.